The fourth-order valence-corrected chi connectivity index (χ4v) is 2.33. The van der Waals surface area contributed by atoms with Crippen LogP contribution in [0.2, 0.25) is 0 Å². The van der Waals surface area contributed by atoms with Crippen molar-refractivity contribution in [1.82, 2.24) is 9.80 Å². The first-order chi connectivity index (χ1) is 6.54. The van der Waals surface area contributed by atoms with E-state index >= 15 is 0 Å². The van der Waals surface area contributed by atoms with Crippen LogP contribution in [0.15, 0.2) is 0 Å². The molecule has 1 saturated heterocycles. The lowest BCUT2D eigenvalue weighted by atomic mass is 10.1. The van der Waals surface area contributed by atoms with Crippen LogP contribution in [-0.4, -0.2) is 54.9 Å². The normalized spacial score (nSPS) is 30.6. The second-order valence-electron chi connectivity index (χ2n) is 4.32. The number of nitriles is 1. The van der Waals surface area contributed by atoms with Crippen molar-refractivity contribution in [2.75, 3.05) is 33.7 Å². The lowest BCUT2D eigenvalue weighted by molar-refractivity contribution is 0.253. The van der Waals surface area contributed by atoms with Gasteiger partial charge >= 0.3 is 0 Å². The third kappa shape index (κ3) is 2.84. The van der Waals surface area contributed by atoms with E-state index in [2.05, 4.69) is 36.9 Å². The molecule has 1 aliphatic heterocycles. The summed E-state index contributed by atoms with van der Waals surface area (Å²) in [6.45, 7) is 5.01. The molecule has 1 rings (SSSR count). The number of likely N-dealkylation sites (N-methyl/N-ethyl adjacent to an activating group) is 1. The first kappa shape index (κ1) is 11.8. The van der Waals surface area contributed by atoms with Gasteiger partial charge in [-0.1, -0.05) is 6.92 Å². The zero-order chi connectivity index (χ0) is 10.7. The number of likely N-dealkylation sites (tertiary alicyclic amines) is 1. The van der Waals surface area contributed by atoms with E-state index in [9.17, 15) is 0 Å². The van der Waals surface area contributed by atoms with E-state index in [1.807, 2.05) is 0 Å². The van der Waals surface area contributed by atoms with Crippen LogP contribution in [0.4, 0.5) is 0 Å². The second kappa shape index (κ2) is 4.97. The van der Waals surface area contributed by atoms with Crippen LogP contribution in [-0.2, 0) is 0 Å². The van der Waals surface area contributed by atoms with E-state index < -0.39 is 0 Å². The number of nitrogens with zero attached hydrogens (tertiary/aromatic N) is 3. The molecule has 0 N–H and O–H groups in total. The molecule has 3 unspecified atom stereocenters. The van der Waals surface area contributed by atoms with Crippen molar-refractivity contribution < 1.29 is 0 Å². The lowest BCUT2D eigenvalue weighted by Gasteiger charge is -2.22. The molecule has 0 radical (unpaired) electrons. The van der Waals surface area contributed by atoms with Crippen molar-refractivity contribution in [3.8, 4) is 6.07 Å². The third-order valence-electron chi connectivity index (χ3n) is 2.87. The molecule has 1 aliphatic rings. The summed E-state index contributed by atoms with van der Waals surface area (Å²) in [6.07, 6.45) is 0. The van der Waals surface area contributed by atoms with Crippen LogP contribution in [0.5, 0.6) is 0 Å². The average molecular weight is 216 g/mol. The van der Waals surface area contributed by atoms with Crippen LogP contribution in [0.1, 0.15) is 6.92 Å². The van der Waals surface area contributed by atoms with Gasteiger partial charge in [0, 0.05) is 25.7 Å². The Balaban J connectivity index is 2.43. The van der Waals surface area contributed by atoms with Crippen molar-refractivity contribution >= 4 is 11.6 Å². The van der Waals surface area contributed by atoms with Gasteiger partial charge < -0.3 is 4.90 Å². The first-order valence-corrected chi connectivity index (χ1v) is 5.40. The molecular weight excluding hydrogens is 198 g/mol. The molecule has 0 aliphatic carbocycles. The maximum atomic E-state index is 8.62. The van der Waals surface area contributed by atoms with Crippen molar-refractivity contribution in [1.29, 1.82) is 5.26 Å². The average Bonchev–Trinajstić information content (AvgIpc) is 2.46. The molecule has 0 saturated carbocycles. The number of rotatable bonds is 3. The summed E-state index contributed by atoms with van der Waals surface area (Å²) in [5, 5.41) is 8.24. The Kier molecular flexibility index (Phi) is 4.18. The molecule has 14 heavy (non-hydrogen) atoms. The monoisotopic (exact) mass is 215 g/mol. The predicted molar refractivity (Wildman–Crippen MR) is 58.3 cm³/mol. The molecule has 80 valence electrons. The molecule has 0 aromatic carbocycles. The number of hydrogen-bond acceptors (Lipinski definition) is 3. The van der Waals surface area contributed by atoms with E-state index in [0.29, 0.717) is 18.5 Å². The molecule has 3 atom stereocenters. The highest BCUT2D eigenvalue weighted by Gasteiger charge is 2.31. The Morgan fingerprint density at radius 2 is 2.21 bits per heavy atom. The summed E-state index contributed by atoms with van der Waals surface area (Å²) in [4.78, 5) is 4.52. The van der Waals surface area contributed by atoms with E-state index in [-0.39, 0.29) is 5.38 Å². The van der Waals surface area contributed by atoms with Crippen molar-refractivity contribution in [2.45, 2.75) is 18.3 Å². The maximum Gasteiger partial charge on any atom is 0.133 e. The van der Waals surface area contributed by atoms with Gasteiger partial charge in [-0.3, -0.25) is 4.90 Å². The minimum Gasteiger partial charge on any atom is -0.305 e. The number of alkyl halides is 1. The van der Waals surface area contributed by atoms with E-state index in [1.54, 1.807) is 0 Å². The Morgan fingerprint density at radius 3 is 2.64 bits per heavy atom. The smallest absolute Gasteiger partial charge is 0.133 e. The van der Waals surface area contributed by atoms with Gasteiger partial charge in [-0.25, -0.2) is 0 Å². The van der Waals surface area contributed by atoms with Gasteiger partial charge in [-0.15, -0.1) is 11.6 Å². The fourth-order valence-electron chi connectivity index (χ4n) is 2.14. The maximum absolute atomic E-state index is 8.62. The van der Waals surface area contributed by atoms with Gasteiger partial charge in [0.1, 0.15) is 5.38 Å². The molecule has 3 nitrogen and oxygen atoms in total. The highest BCUT2D eigenvalue weighted by atomic mass is 35.5. The standard InChI is InChI=1S/C10H18ClN3/c1-8-5-14(6-9(11)4-12)7-10(8)13(2)3/h8-10H,5-7H2,1-3H3. The topological polar surface area (TPSA) is 30.3 Å². The minimum absolute atomic E-state index is 0.372. The zero-order valence-electron chi connectivity index (χ0n) is 9.07. The minimum atomic E-state index is -0.372. The van der Waals surface area contributed by atoms with E-state index in [4.69, 9.17) is 16.9 Å². The van der Waals surface area contributed by atoms with Gasteiger partial charge in [0.25, 0.3) is 0 Å². The molecule has 0 aromatic heterocycles. The van der Waals surface area contributed by atoms with Crippen molar-refractivity contribution in [2.24, 2.45) is 5.92 Å². The summed E-state index contributed by atoms with van der Waals surface area (Å²) >= 11 is 5.80. The van der Waals surface area contributed by atoms with Crippen LogP contribution >= 0.6 is 11.6 Å². The van der Waals surface area contributed by atoms with Crippen molar-refractivity contribution in [3.05, 3.63) is 0 Å². The Hall–Kier alpha value is -0.300. The lowest BCUT2D eigenvalue weighted by Crippen LogP contribution is -2.35. The molecule has 4 heteroatoms. The number of hydrogen-bond donors (Lipinski definition) is 0. The van der Waals surface area contributed by atoms with Crippen molar-refractivity contribution in [3.63, 3.8) is 0 Å². The number of halogens is 1. The second-order valence-corrected chi connectivity index (χ2v) is 4.85. The summed E-state index contributed by atoms with van der Waals surface area (Å²) in [5.74, 6) is 0.660. The Bertz CT molecular complexity index is 224. The summed E-state index contributed by atoms with van der Waals surface area (Å²) in [6, 6.07) is 2.66. The summed E-state index contributed by atoms with van der Waals surface area (Å²) in [7, 11) is 4.21. The molecular formula is C10H18ClN3. The largest absolute Gasteiger partial charge is 0.305 e. The predicted octanol–water partition coefficient (Wildman–Crippen LogP) is 0.999. The highest BCUT2D eigenvalue weighted by Crippen LogP contribution is 2.20. The van der Waals surface area contributed by atoms with Gasteiger partial charge in [-0.05, 0) is 20.0 Å². The molecule has 0 amide bonds. The van der Waals surface area contributed by atoms with Crippen LogP contribution in [0.3, 0.4) is 0 Å². The van der Waals surface area contributed by atoms with Gasteiger partial charge in [0.15, 0.2) is 0 Å². The van der Waals surface area contributed by atoms with Crippen LogP contribution in [0, 0.1) is 17.2 Å². The van der Waals surface area contributed by atoms with E-state index in [1.165, 1.54) is 0 Å². The van der Waals surface area contributed by atoms with Crippen LogP contribution < -0.4 is 0 Å². The molecule has 0 bridgehead atoms. The molecule has 0 aromatic rings. The van der Waals surface area contributed by atoms with Gasteiger partial charge in [0.2, 0.25) is 0 Å². The fraction of sp³-hybridized carbons (Fsp3) is 0.900. The molecule has 0 spiro atoms. The summed E-state index contributed by atoms with van der Waals surface area (Å²) in [5.41, 5.74) is 0. The Labute approximate surface area is 91.2 Å². The van der Waals surface area contributed by atoms with E-state index in [0.717, 1.165) is 13.1 Å². The van der Waals surface area contributed by atoms with Gasteiger partial charge in [0.05, 0.1) is 6.07 Å². The molecule has 1 fully saturated rings. The Morgan fingerprint density at radius 1 is 1.57 bits per heavy atom. The molecule has 1 heterocycles. The third-order valence-corrected chi connectivity index (χ3v) is 3.11. The quantitative estimate of drug-likeness (QED) is 0.659. The van der Waals surface area contributed by atoms with Gasteiger partial charge in [-0.2, -0.15) is 5.26 Å². The highest BCUT2D eigenvalue weighted by molar-refractivity contribution is 6.22. The SMILES string of the molecule is CC1CN(CC(Cl)C#N)CC1N(C)C. The van der Waals surface area contributed by atoms with Crippen LogP contribution in [0.25, 0.3) is 0 Å². The summed E-state index contributed by atoms with van der Waals surface area (Å²) < 4.78 is 0. The first-order valence-electron chi connectivity index (χ1n) is 4.97. The zero-order valence-corrected chi connectivity index (χ0v) is 9.83.